The van der Waals surface area contributed by atoms with E-state index in [2.05, 4.69) is 11.3 Å². The number of Topliss-reactive ketones (excluding diaryl/α,β-unsaturated/α-hetero) is 1. The van der Waals surface area contributed by atoms with Crippen molar-refractivity contribution in [3.05, 3.63) is 65.0 Å². The third kappa shape index (κ3) is 6.03. The van der Waals surface area contributed by atoms with Crippen LogP contribution < -0.4 is 4.72 Å². The van der Waals surface area contributed by atoms with E-state index >= 15 is 0 Å². The monoisotopic (exact) mass is 438 g/mol. The van der Waals surface area contributed by atoms with E-state index in [9.17, 15) is 18.0 Å². The fourth-order valence-electron chi connectivity index (χ4n) is 2.77. The van der Waals surface area contributed by atoms with Crippen LogP contribution in [-0.2, 0) is 26.1 Å². The highest BCUT2D eigenvalue weighted by Crippen LogP contribution is 2.16. The normalized spacial score (nSPS) is 11.3. The Morgan fingerprint density at radius 3 is 2.52 bits per heavy atom. The highest BCUT2D eigenvalue weighted by Gasteiger charge is 2.18. The number of esters is 1. The van der Waals surface area contributed by atoms with Crippen LogP contribution in [0.15, 0.2) is 47.9 Å². The Hall–Kier alpha value is -2.42. The van der Waals surface area contributed by atoms with Crippen molar-refractivity contribution >= 4 is 33.4 Å². The second kappa shape index (κ2) is 9.87. The quantitative estimate of drug-likeness (QED) is 0.349. The number of aromatic nitrogens is 1. The number of aryl methyl sites for hydroxylation is 1. The predicted molar refractivity (Wildman–Crippen MR) is 111 cm³/mol. The third-order valence-electron chi connectivity index (χ3n) is 4.30. The largest absolute Gasteiger partial charge is 0.457 e. The highest BCUT2D eigenvalue weighted by atomic mass is 35.5. The lowest BCUT2D eigenvalue weighted by Crippen LogP contribution is -2.27. The first kappa shape index (κ1) is 22.9. The van der Waals surface area contributed by atoms with Gasteiger partial charge in [0.1, 0.15) is 0 Å². The summed E-state index contributed by atoms with van der Waals surface area (Å²) in [6.45, 7) is 7.42. The molecule has 1 N–H and O–H groups in total. The van der Waals surface area contributed by atoms with Crippen LogP contribution in [0.2, 0.25) is 5.02 Å². The molecule has 1 aromatic heterocycles. The Morgan fingerprint density at radius 2 is 1.90 bits per heavy atom. The lowest BCUT2D eigenvalue weighted by molar-refractivity contribution is -0.142. The zero-order chi connectivity index (χ0) is 21.6. The maximum atomic E-state index is 12.3. The maximum absolute atomic E-state index is 12.3. The second-order valence-electron chi connectivity index (χ2n) is 6.37. The molecule has 0 aliphatic carbocycles. The number of carbonyl (C=O) groups excluding carboxylic acids is 2. The number of carbonyl (C=O) groups is 2. The smallest absolute Gasteiger partial charge is 0.307 e. The summed E-state index contributed by atoms with van der Waals surface area (Å²) in [5, 5.41) is 0.419. The molecule has 0 aliphatic rings. The molecule has 1 aromatic carbocycles. The fourth-order valence-corrected chi connectivity index (χ4v) is 3.93. The second-order valence-corrected chi connectivity index (χ2v) is 8.57. The molecule has 7 nitrogen and oxygen atoms in total. The average molecular weight is 439 g/mol. The van der Waals surface area contributed by atoms with Crippen molar-refractivity contribution in [2.75, 3.05) is 13.2 Å². The van der Waals surface area contributed by atoms with Gasteiger partial charge in [0, 0.05) is 35.1 Å². The predicted octanol–water partition coefficient (Wildman–Crippen LogP) is 3.04. The van der Waals surface area contributed by atoms with Gasteiger partial charge < -0.3 is 9.30 Å². The lowest BCUT2D eigenvalue weighted by atomic mass is 10.1. The van der Waals surface area contributed by atoms with E-state index in [0.717, 1.165) is 11.4 Å². The molecule has 0 saturated heterocycles. The van der Waals surface area contributed by atoms with Crippen LogP contribution in [0, 0.1) is 13.8 Å². The molecule has 9 heteroatoms. The molecule has 29 heavy (non-hydrogen) atoms. The van der Waals surface area contributed by atoms with Crippen LogP contribution in [0.3, 0.4) is 0 Å². The fraction of sp³-hybridized carbons (Fsp3) is 0.300. The Balaban J connectivity index is 1.84. The zero-order valence-electron chi connectivity index (χ0n) is 16.3. The van der Waals surface area contributed by atoms with E-state index in [0.29, 0.717) is 17.1 Å². The van der Waals surface area contributed by atoms with Gasteiger partial charge in [-0.1, -0.05) is 17.7 Å². The summed E-state index contributed by atoms with van der Waals surface area (Å²) in [6, 6.07) is 7.40. The van der Waals surface area contributed by atoms with E-state index in [-0.39, 0.29) is 23.6 Å². The summed E-state index contributed by atoms with van der Waals surface area (Å²) < 4.78 is 33.5. The molecule has 0 amide bonds. The van der Waals surface area contributed by atoms with E-state index in [1.165, 1.54) is 24.3 Å². The summed E-state index contributed by atoms with van der Waals surface area (Å²) >= 11 is 5.74. The SMILES string of the molecule is C=CCn1c(C)cc(C(=O)COC(=O)CCNS(=O)(=O)c2ccc(Cl)cc2)c1C. The molecule has 2 rings (SSSR count). The van der Waals surface area contributed by atoms with Gasteiger partial charge in [0.05, 0.1) is 11.3 Å². The van der Waals surface area contributed by atoms with Crippen molar-refractivity contribution in [1.29, 1.82) is 0 Å². The molecule has 0 unspecified atom stereocenters. The van der Waals surface area contributed by atoms with E-state index < -0.39 is 22.6 Å². The van der Waals surface area contributed by atoms with Gasteiger partial charge in [0.25, 0.3) is 0 Å². The first-order valence-corrected chi connectivity index (χ1v) is 10.7. The van der Waals surface area contributed by atoms with Gasteiger partial charge in [0.15, 0.2) is 6.61 Å². The Labute approximate surface area is 175 Å². The number of ketones is 1. The standard InChI is InChI=1S/C20H23ClN2O5S/c1-4-11-23-14(2)12-18(15(23)3)19(24)13-28-20(25)9-10-22-29(26,27)17-7-5-16(21)6-8-17/h4-8,12,22H,1,9-11,13H2,2-3H3. The topological polar surface area (TPSA) is 94.5 Å². The van der Waals surface area contributed by atoms with Crippen molar-refractivity contribution < 1.29 is 22.7 Å². The van der Waals surface area contributed by atoms with Crippen molar-refractivity contribution in [2.24, 2.45) is 0 Å². The van der Waals surface area contributed by atoms with E-state index in [4.69, 9.17) is 16.3 Å². The van der Waals surface area contributed by atoms with Crippen LogP contribution in [0.25, 0.3) is 0 Å². The Kier molecular flexibility index (Phi) is 7.78. The minimum atomic E-state index is -3.75. The number of hydrogen-bond donors (Lipinski definition) is 1. The molecule has 1 heterocycles. The molecule has 2 aromatic rings. The summed E-state index contributed by atoms with van der Waals surface area (Å²) in [7, 11) is -3.75. The number of rotatable bonds is 10. The van der Waals surface area contributed by atoms with Gasteiger partial charge >= 0.3 is 5.97 Å². The Morgan fingerprint density at radius 1 is 1.24 bits per heavy atom. The van der Waals surface area contributed by atoms with Crippen LogP contribution in [-0.4, -0.2) is 37.9 Å². The number of sulfonamides is 1. The van der Waals surface area contributed by atoms with Crippen LogP contribution in [0.5, 0.6) is 0 Å². The number of halogens is 1. The number of allylic oxidation sites excluding steroid dienone is 1. The number of benzene rings is 1. The van der Waals surface area contributed by atoms with Gasteiger partial charge in [-0.2, -0.15) is 0 Å². The molecule has 0 spiro atoms. The molecule has 156 valence electrons. The van der Waals surface area contributed by atoms with E-state index in [1.807, 2.05) is 18.4 Å². The zero-order valence-corrected chi connectivity index (χ0v) is 17.8. The van der Waals surface area contributed by atoms with Crippen molar-refractivity contribution in [3.8, 4) is 0 Å². The summed E-state index contributed by atoms with van der Waals surface area (Å²) in [5.74, 6) is -0.986. The molecular formula is C20H23ClN2O5S. The minimum Gasteiger partial charge on any atom is -0.457 e. The third-order valence-corrected chi connectivity index (χ3v) is 6.02. The lowest BCUT2D eigenvalue weighted by Gasteiger charge is -2.08. The molecule has 0 saturated carbocycles. The van der Waals surface area contributed by atoms with Crippen molar-refractivity contribution in [2.45, 2.75) is 31.7 Å². The van der Waals surface area contributed by atoms with Gasteiger partial charge in [-0.15, -0.1) is 6.58 Å². The minimum absolute atomic E-state index is 0.0420. The molecule has 0 radical (unpaired) electrons. The number of ether oxygens (including phenoxy) is 1. The van der Waals surface area contributed by atoms with Crippen LogP contribution in [0.4, 0.5) is 0 Å². The van der Waals surface area contributed by atoms with Gasteiger partial charge in [-0.25, -0.2) is 13.1 Å². The van der Waals surface area contributed by atoms with Gasteiger partial charge in [-0.3, -0.25) is 9.59 Å². The van der Waals surface area contributed by atoms with Crippen molar-refractivity contribution in [1.82, 2.24) is 9.29 Å². The number of nitrogens with zero attached hydrogens (tertiary/aromatic N) is 1. The molecule has 0 fully saturated rings. The average Bonchev–Trinajstić information content (AvgIpc) is 2.95. The maximum Gasteiger partial charge on any atom is 0.307 e. The summed E-state index contributed by atoms with van der Waals surface area (Å²) in [6.07, 6.45) is 1.54. The number of nitrogens with one attached hydrogen (secondary N) is 1. The molecule has 0 atom stereocenters. The molecular weight excluding hydrogens is 416 g/mol. The van der Waals surface area contributed by atoms with Crippen LogP contribution in [0.1, 0.15) is 28.2 Å². The van der Waals surface area contributed by atoms with Crippen molar-refractivity contribution in [3.63, 3.8) is 0 Å². The molecule has 0 bridgehead atoms. The summed E-state index contributed by atoms with van der Waals surface area (Å²) in [5.41, 5.74) is 2.17. The first-order chi connectivity index (χ1) is 13.7. The van der Waals surface area contributed by atoms with Gasteiger partial charge in [-0.05, 0) is 44.2 Å². The highest BCUT2D eigenvalue weighted by molar-refractivity contribution is 7.89. The molecule has 0 aliphatic heterocycles. The number of hydrogen-bond acceptors (Lipinski definition) is 5. The van der Waals surface area contributed by atoms with Crippen LogP contribution >= 0.6 is 11.6 Å². The first-order valence-electron chi connectivity index (χ1n) is 8.87. The summed E-state index contributed by atoms with van der Waals surface area (Å²) in [4.78, 5) is 24.2. The Bertz CT molecular complexity index is 1010. The van der Waals surface area contributed by atoms with Gasteiger partial charge in [0.2, 0.25) is 15.8 Å². The van der Waals surface area contributed by atoms with E-state index in [1.54, 1.807) is 12.1 Å².